The van der Waals surface area contributed by atoms with Crippen molar-refractivity contribution in [3.8, 4) is 0 Å². The molecule has 0 aliphatic carbocycles. The molecule has 0 aliphatic rings. The van der Waals surface area contributed by atoms with Crippen molar-refractivity contribution in [2.45, 2.75) is 30.9 Å². The molecule has 0 atom stereocenters. The molecule has 0 bridgehead atoms. The van der Waals surface area contributed by atoms with E-state index < -0.39 is 5.97 Å². The molecular formula is C14H16N2O3S. The summed E-state index contributed by atoms with van der Waals surface area (Å²) in [6.45, 7) is 4.19. The van der Waals surface area contributed by atoms with E-state index in [0.717, 1.165) is 11.3 Å². The van der Waals surface area contributed by atoms with E-state index in [1.54, 1.807) is 18.2 Å². The van der Waals surface area contributed by atoms with E-state index in [2.05, 4.69) is 24.0 Å². The third kappa shape index (κ3) is 4.09. The van der Waals surface area contributed by atoms with E-state index in [4.69, 9.17) is 9.63 Å². The Kier molecular flexibility index (Phi) is 4.79. The van der Waals surface area contributed by atoms with Crippen molar-refractivity contribution < 1.29 is 14.4 Å². The highest BCUT2D eigenvalue weighted by Gasteiger charge is 2.09. The number of carboxylic acid groups (broad SMARTS) is 1. The lowest BCUT2D eigenvalue weighted by atomic mass is 10.1. The minimum absolute atomic E-state index is 0.281. The van der Waals surface area contributed by atoms with Crippen LogP contribution >= 0.6 is 11.8 Å². The third-order valence-corrected chi connectivity index (χ3v) is 3.53. The van der Waals surface area contributed by atoms with Gasteiger partial charge in [0.1, 0.15) is 0 Å². The molecule has 20 heavy (non-hydrogen) atoms. The second kappa shape index (κ2) is 6.56. The van der Waals surface area contributed by atoms with E-state index in [1.807, 2.05) is 6.07 Å². The average molecular weight is 292 g/mol. The van der Waals surface area contributed by atoms with Gasteiger partial charge in [0, 0.05) is 11.3 Å². The van der Waals surface area contributed by atoms with Gasteiger partial charge >= 0.3 is 5.97 Å². The summed E-state index contributed by atoms with van der Waals surface area (Å²) in [6, 6.07) is 6.81. The topological polar surface area (TPSA) is 76.2 Å². The summed E-state index contributed by atoms with van der Waals surface area (Å²) in [4.78, 5) is 16.1. The normalized spacial score (nSPS) is 10.9. The van der Waals surface area contributed by atoms with Crippen molar-refractivity contribution in [2.75, 3.05) is 0 Å². The molecule has 6 heteroatoms. The van der Waals surface area contributed by atoms with Gasteiger partial charge in [-0.3, -0.25) is 0 Å². The summed E-state index contributed by atoms with van der Waals surface area (Å²) < 4.78 is 5.16. The van der Waals surface area contributed by atoms with Gasteiger partial charge in [-0.1, -0.05) is 25.1 Å². The van der Waals surface area contributed by atoms with E-state index in [0.29, 0.717) is 23.4 Å². The Hall–Kier alpha value is -1.82. The van der Waals surface area contributed by atoms with E-state index in [9.17, 15) is 4.79 Å². The van der Waals surface area contributed by atoms with E-state index in [1.165, 1.54) is 11.8 Å². The molecule has 1 heterocycles. The molecule has 0 unspecified atom stereocenters. The highest BCUT2D eigenvalue weighted by molar-refractivity contribution is 7.98. The Labute approximate surface area is 121 Å². The first-order valence-corrected chi connectivity index (χ1v) is 7.31. The lowest BCUT2D eigenvalue weighted by Gasteiger charge is -2.00. The first kappa shape index (κ1) is 14.6. The van der Waals surface area contributed by atoms with Crippen LogP contribution in [0.4, 0.5) is 0 Å². The van der Waals surface area contributed by atoms with Crippen LogP contribution in [0, 0.1) is 5.92 Å². The zero-order chi connectivity index (χ0) is 14.5. The summed E-state index contributed by atoms with van der Waals surface area (Å²) in [5, 5.41) is 12.9. The summed E-state index contributed by atoms with van der Waals surface area (Å²) in [7, 11) is 0. The minimum atomic E-state index is -0.925. The van der Waals surface area contributed by atoms with Crippen LogP contribution in [0.1, 0.15) is 35.9 Å². The summed E-state index contributed by atoms with van der Waals surface area (Å²) in [5.74, 6) is 1.39. The first-order valence-electron chi connectivity index (χ1n) is 6.32. The van der Waals surface area contributed by atoms with Gasteiger partial charge in [-0.15, -0.1) is 11.8 Å². The molecule has 0 aliphatic heterocycles. The maximum absolute atomic E-state index is 10.9. The highest BCUT2D eigenvalue weighted by atomic mass is 32.2. The molecule has 0 saturated carbocycles. The predicted octanol–water partition coefficient (Wildman–Crippen LogP) is 3.26. The standard InChI is InChI=1S/C14H16N2O3S/c1-9(2)6-13-15-12(16-19-13)8-20-11-5-3-4-10(7-11)14(17)18/h3-5,7,9H,6,8H2,1-2H3,(H,17,18). The number of hydrogen-bond acceptors (Lipinski definition) is 5. The Morgan fingerprint density at radius 2 is 2.25 bits per heavy atom. The second-order valence-corrected chi connectivity index (χ2v) is 5.87. The number of hydrogen-bond donors (Lipinski definition) is 1. The fraction of sp³-hybridized carbons (Fsp3) is 0.357. The van der Waals surface area contributed by atoms with Crippen molar-refractivity contribution in [2.24, 2.45) is 5.92 Å². The van der Waals surface area contributed by atoms with Crippen molar-refractivity contribution in [1.29, 1.82) is 0 Å². The number of aromatic nitrogens is 2. The lowest BCUT2D eigenvalue weighted by molar-refractivity contribution is 0.0696. The molecule has 106 valence electrons. The average Bonchev–Trinajstić information content (AvgIpc) is 2.83. The predicted molar refractivity (Wildman–Crippen MR) is 75.8 cm³/mol. The van der Waals surface area contributed by atoms with Crippen LogP contribution in [-0.4, -0.2) is 21.2 Å². The largest absolute Gasteiger partial charge is 0.478 e. The summed E-state index contributed by atoms with van der Waals surface area (Å²) in [6.07, 6.45) is 0.770. The molecule has 0 fully saturated rings. The van der Waals surface area contributed by atoms with Crippen molar-refractivity contribution >= 4 is 17.7 Å². The van der Waals surface area contributed by atoms with Gasteiger partial charge in [0.25, 0.3) is 0 Å². The second-order valence-electron chi connectivity index (χ2n) is 4.82. The van der Waals surface area contributed by atoms with Gasteiger partial charge in [-0.2, -0.15) is 4.98 Å². The lowest BCUT2D eigenvalue weighted by Crippen LogP contribution is -1.95. The molecular weight excluding hydrogens is 276 g/mol. The van der Waals surface area contributed by atoms with Gasteiger partial charge in [0.15, 0.2) is 5.82 Å². The van der Waals surface area contributed by atoms with Crippen LogP contribution in [0.5, 0.6) is 0 Å². The van der Waals surface area contributed by atoms with Crippen LogP contribution in [0.15, 0.2) is 33.7 Å². The van der Waals surface area contributed by atoms with E-state index in [-0.39, 0.29) is 5.56 Å². The number of rotatable bonds is 6. The fourth-order valence-corrected chi connectivity index (χ4v) is 2.45. The number of thioether (sulfide) groups is 1. The van der Waals surface area contributed by atoms with Gasteiger partial charge in [0.2, 0.25) is 5.89 Å². The molecule has 0 saturated heterocycles. The maximum atomic E-state index is 10.9. The zero-order valence-corrected chi connectivity index (χ0v) is 12.2. The van der Waals surface area contributed by atoms with Crippen molar-refractivity contribution in [3.63, 3.8) is 0 Å². The van der Waals surface area contributed by atoms with Crippen LogP contribution < -0.4 is 0 Å². The Balaban J connectivity index is 1.96. The first-order chi connectivity index (χ1) is 9.54. The molecule has 5 nitrogen and oxygen atoms in total. The number of benzene rings is 1. The quantitative estimate of drug-likeness (QED) is 0.823. The van der Waals surface area contributed by atoms with Gasteiger partial charge < -0.3 is 9.63 Å². The van der Waals surface area contributed by atoms with Gasteiger partial charge in [0.05, 0.1) is 11.3 Å². The number of carbonyl (C=O) groups is 1. The van der Waals surface area contributed by atoms with Crippen molar-refractivity contribution in [3.05, 3.63) is 41.5 Å². The molecule has 0 amide bonds. The number of carboxylic acids is 1. The molecule has 0 radical (unpaired) electrons. The minimum Gasteiger partial charge on any atom is -0.478 e. The number of aromatic carboxylic acids is 1. The Morgan fingerprint density at radius 1 is 1.45 bits per heavy atom. The SMILES string of the molecule is CC(C)Cc1nc(CSc2cccc(C(=O)O)c2)no1. The summed E-state index contributed by atoms with van der Waals surface area (Å²) >= 11 is 1.49. The molecule has 0 spiro atoms. The van der Waals surface area contributed by atoms with Crippen LogP contribution in [0.25, 0.3) is 0 Å². The summed E-state index contributed by atoms with van der Waals surface area (Å²) in [5.41, 5.74) is 0.281. The van der Waals surface area contributed by atoms with E-state index >= 15 is 0 Å². The monoisotopic (exact) mass is 292 g/mol. The molecule has 1 N–H and O–H groups in total. The molecule has 2 aromatic rings. The van der Waals surface area contributed by atoms with Crippen LogP contribution in [0.2, 0.25) is 0 Å². The van der Waals surface area contributed by atoms with Crippen LogP contribution in [-0.2, 0) is 12.2 Å². The zero-order valence-electron chi connectivity index (χ0n) is 11.4. The highest BCUT2D eigenvalue weighted by Crippen LogP contribution is 2.22. The molecule has 1 aromatic carbocycles. The number of nitrogens with zero attached hydrogens (tertiary/aromatic N) is 2. The molecule has 2 rings (SSSR count). The van der Waals surface area contributed by atoms with Gasteiger partial charge in [-0.05, 0) is 24.1 Å². The fourth-order valence-electron chi connectivity index (χ4n) is 1.65. The van der Waals surface area contributed by atoms with Crippen LogP contribution in [0.3, 0.4) is 0 Å². The Bertz CT molecular complexity index is 596. The van der Waals surface area contributed by atoms with Crippen molar-refractivity contribution in [1.82, 2.24) is 10.1 Å². The maximum Gasteiger partial charge on any atom is 0.335 e. The smallest absolute Gasteiger partial charge is 0.335 e. The Morgan fingerprint density at radius 3 is 2.95 bits per heavy atom. The molecule has 1 aromatic heterocycles. The van der Waals surface area contributed by atoms with Gasteiger partial charge in [-0.25, -0.2) is 4.79 Å². The third-order valence-electron chi connectivity index (χ3n) is 2.54.